The zero-order valence-electron chi connectivity index (χ0n) is 14.8. The Balaban J connectivity index is 1.54. The van der Waals surface area contributed by atoms with Crippen molar-refractivity contribution in [2.24, 2.45) is 0 Å². The number of carbonyl (C=O) groups is 1. The molecule has 0 aliphatic carbocycles. The first-order chi connectivity index (χ1) is 12.1. The van der Waals surface area contributed by atoms with E-state index in [-0.39, 0.29) is 17.8 Å². The van der Waals surface area contributed by atoms with Crippen LogP contribution in [0.2, 0.25) is 0 Å². The fourth-order valence-electron chi connectivity index (χ4n) is 3.27. The Labute approximate surface area is 147 Å². The lowest BCUT2D eigenvalue weighted by Gasteiger charge is -2.17. The molecular weight excluding hydrogens is 319 g/mol. The van der Waals surface area contributed by atoms with Crippen LogP contribution in [-0.4, -0.2) is 33.2 Å². The van der Waals surface area contributed by atoms with Gasteiger partial charge in [0.15, 0.2) is 0 Å². The number of hydrogen-bond acceptors (Lipinski definition) is 3. The van der Waals surface area contributed by atoms with Crippen LogP contribution in [-0.2, 0) is 24.4 Å². The molecule has 25 heavy (non-hydrogen) atoms. The zero-order chi connectivity index (χ0) is 17.8. The van der Waals surface area contributed by atoms with E-state index in [4.69, 9.17) is 0 Å². The van der Waals surface area contributed by atoms with Crippen LogP contribution in [0.15, 0.2) is 30.5 Å². The fraction of sp³-hybridized carbons (Fsp3) is 0.474. The van der Waals surface area contributed by atoms with E-state index in [1.807, 2.05) is 16.9 Å². The number of halogens is 1. The molecule has 1 aliphatic rings. The Morgan fingerprint density at radius 3 is 3.00 bits per heavy atom. The SMILES string of the molecule is CCCn1ncc(CN[C@H]2CC(=O)N(Cc3cccc(F)c3)C2)c1C. The number of amides is 1. The lowest BCUT2D eigenvalue weighted by atomic mass is 10.2. The van der Waals surface area contributed by atoms with Crippen molar-refractivity contribution in [1.29, 1.82) is 0 Å². The van der Waals surface area contributed by atoms with Crippen molar-refractivity contribution in [2.45, 2.75) is 52.4 Å². The predicted molar refractivity (Wildman–Crippen MR) is 94.3 cm³/mol. The van der Waals surface area contributed by atoms with Crippen molar-refractivity contribution in [3.8, 4) is 0 Å². The minimum atomic E-state index is -0.265. The second-order valence-electron chi connectivity index (χ2n) is 6.66. The smallest absolute Gasteiger partial charge is 0.224 e. The molecule has 1 aromatic heterocycles. The number of hydrogen-bond donors (Lipinski definition) is 1. The molecule has 1 amide bonds. The lowest BCUT2D eigenvalue weighted by molar-refractivity contribution is -0.128. The van der Waals surface area contributed by atoms with Gasteiger partial charge in [0.2, 0.25) is 5.91 Å². The second-order valence-corrected chi connectivity index (χ2v) is 6.66. The molecule has 0 bridgehead atoms. The molecule has 1 fully saturated rings. The highest BCUT2D eigenvalue weighted by atomic mass is 19.1. The van der Waals surface area contributed by atoms with E-state index in [1.165, 1.54) is 23.4 Å². The van der Waals surface area contributed by atoms with Gasteiger partial charge in [-0.1, -0.05) is 19.1 Å². The van der Waals surface area contributed by atoms with Gasteiger partial charge in [-0.05, 0) is 31.0 Å². The quantitative estimate of drug-likeness (QED) is 0.840. The Morgan fingerprint density at radius 1 is 1.40 bits per heavy atom. The minimum absolute atomic E-state index is 0.111. The Hall–Kier alpha value is -2.21. The molecule has 134 valence electrons. The number of likely N-dealkylation sites (tertiary alicyclic amines) is 1. The number of carbonyl (C=O) groups excluding carboxylic acids is 1. The van der Waals surface area contributed by atoms with Gasteiger partial charge in [-0.3, -0.25) is 9.48 Å². The Morgan fingerprint density at radius 2 is 2.24 bits per heavy atom. The number of nitrogens with zero attached hydrogens (tertiary/aromatic N) is 3. The first-order valence-electron chi connectivity index (χ1n) is 8.83. The molecule has 1 atom stereocenters. The summed E-state index contributed by atoms with van der Waals surface area (Å²) in [5, 5.41) is 7.87. The van der Waals surface area contributed by atoms with Gasteiger partial charge in [0, 0.05) is 49.9 Å². The van der Waals surface area contributed by atoms with E-state index in [0.29, 0.717) is 26.1 Å². The highest BCUT2D eigenvalue weighted by Crippen LogP contribution is 2.17. The van der Waals surface area contributed by atoms with E-state index < -0.39 is 0 Å². The number of rotatable bonds is 7. The summed E-state index contributed by atoms with van der Waals surface area (Å²) in [6, 6.07) is 6.55. The summed E-state index contributed by atoms with van der Waals surface area (Å²) in [6.07, 6.45) is 3.44. The first kappa shape index (κ1) is 17.6. The molecule has 0 unspecified atom stereocenters. The molecule has 1 aliphatic heterocycles. The summed E-state index contributed by atoms with van der Waals surface area (Å²) in [5.74, 6) is -0.154. The highest BCUT2D eigenvalue weighted by Gasteiger charge is 2.29. The molecular formula is C19H25FN4O. The summed E-state index contributed by atoms with van der Waals surface area (Å²) in [5.41, 5.74) is 3.17. The van der Waals surface area contributed by atoms with Crippen molar-refractivity contribution in [3.63, 3.8) is 0 Å². The van der Waals surface area contributed by atoms with Crippen molar-refractivity contribution >= 4 is 5.91 Å². The van der Waals surface area contributed by atoms with Gasteiger partial charge in [0.05, 0.1) is 6.20 Å². The summed E-state index contributed by atoms with van der Waals surface area (Å²) in [6.45, 7) is 6.96. The third kappa shape index (κ3) is 4.25. The van der Waals surface area contributed by atoms with E-state index in [2.05, 4.69) is 24.3 Å². The van der Waals surface area contributed by atoms with Crippen LogP contribution in [0.4, 0.5) is 4.39 Å². The predicted octanol–water partition coefficient (Wildman–Crippen LogP) is 2.63. The van der Waals surface area contributed by atoms with Crippen molar-refractivity contribution in [1.82, 2.24) is 20.0 Å². The monoisotopic (exact) mass is 344 g/mol. The van der Waals surface area contributed by atoms with E-state index in [0.717, 1.165) is 18.5 Å². The third-order valence-electron chi connectivity index (χ3n) is 4.70. The topological polar surface area (TPSA) is 50.2 Å². The molecule has 1 aromatic carbocycles. The normalized spacial score (nSPS) is 17.5. The van der Waals surface area contributed by atoms with Gasteiger partial charge in [-0.15, -0.1) is 0 Å². The maximum Gasteiger partial charge on any atom is 0.224 e. The average Bonchev–Trinajstić information content (AvgIpc) is 3.10. The first-order valence-corrected chi connectivity index (χ1v) is 8.83. The molecule has 2 aromatic rings. The molecule has 1 N–H and O–H groups in total. The van der Waals surface area contributed by atoms with Crippen LogP contribution in [0.3, 0.4) is 0 Å². The maximum atomic E-state index is 13.3. The summed E-state index contributed by atoms with van der Waals surface area (Å²) >= 11 is 0. The number of aromatic nitrogens is 2. The lowest BCUT2D eigenvalue weighted by Crippen LogP contribution is -2.32. The van der Waals surface area contributed by atoms with E-state index in [1.54, 1.807) is 11.0 Å². The Kier molecular flexibility index (Phi) is 5.48. The summed E-state index contributed by atoms with van der Waals surface area (Å²) in [7, 11) is 0. The Bertz CT molecular complexity index is 743. The molecule has 0 radical (unpaired) electrons. The molecule has 1 saturated heterocycles. The van der Waals surface area contributed by atoms with E-state index in [9.17, 15) is 9.18 Å². The van der Waals surface area contributed by atoms with Crippen LogP contribution in [0.5, 0.6) is 0 Å². The fourth-order valence-corrected chi connectivity index (χ4v) is 3.27. The summed E-state index contributed by atoms with van der Waals surface area (Å²) in [4.78, 5) is 14.0. The minimum Gasteiger partial charge on any atom is -0.337 e. The van der Waals surface area contributed by atoms with Crippen molar-refractivity contribution in [3.05, 3.63) is 53.1 Å². The third-order valence-corrected chi connectivity index (χ3v) is 4.70. The highest BCUT2D eigenvalue weighted by molar-refractivity contribution is 5.79. The van der Waals surface area contributed by atoms with Crippen LogP contribution >= 0.6 is 0 Å². The average molecular weight is 344 g/mol. The molecule has 0 spiro atoms. The van der Waals surface area contributed by atoms with Crippen LogP contribution in [0.25, 0.3) is 0 Å². The van der Waals surface area contributed by atoms with Gasteiger partial charge in [0.1, 0.15) is 5.82 Å². The standard InChI is InChI=1S/C19H25FN4O/c1-3-7-24-14(2)16(11-22-24)10-21-18-9-19(25)23(13-18)12-15-5-4-6-17(20)8-15/h4-6,8,11,18,21H,3,7,9-10,12-13H2,1-2H3/t18-/m0/s1. The van der Waals surface area contributed by atoms with Gasteiger partial charge < -0.3 is 10.2 Å². The van der Waals surface area contributed by atoms with Gasteiger partial charge in [0.25, 0.3) is 0 Å². The van der Waals surface area contributed by atoms with Crippen LogP contribution in [0, 0.1) is 12.7 Å². The maximum absolute atomic E-state index is 13.3. The molecule has 0 saturated carbocycles. The number of nitrogens with one attached hydrogen (secondary N) is 1. The van der Waals surface area contributed by atoms with Gasteiger partial charge >= 0.3 is 0 Å². The largest absolute Gasteiger partial charge is 0.337 e. The van der Waals surface area contributed by atoms with Crippen LogP contribution in [0.1, 0.15) is 36.6 Å². The molecule has 6 heteroatoms. The van der Waals surface area contributed by atoms with E-state index >= 15 is 0 Å². The molecule has 3 rings (SSSR count). The zero-order valence-corrected chi connectivity index (χ0v) is 14.8. The second kappa shape index (κ2) is 7.78. The molecule has 5 nitrogen and oxygen atoms in total. The van der Waals surface area contributed by atoms with Gasteiger partial charge in [-0.2, -0.15) is 5.10 Å². The van der Waals surface area contributed by atoms with Crippen LogP contribution < -0.4 is 5.32 Å². The van der Waals surface area contributed by atoms with Crippen molar-refractivity contribution < 1.29 is 9.18 Å². The number of aryl methyl sites for hydroxylation is 1. The summed E-state index contributed by atoms with van der Waals surface area (Å²) < 4.78 is 15.3. The molecule has 2 heterocycles. The number of benzene rings is 1. The van der Waals surface area contributed by atoms with Gasteiger partial charge in [-0.25, -0.2) is 4.39 Å². The van der Waals surface area contributed by atoms with Crippen molar-refractivity contribution in [2.75, 3.05) is 6.54 Å².